The molecule has 0 aliphatic rings. The first-order valence-corrected chi connectivity index (χ1v) is 11.5. The maximum Gasteiger partial charge on any atom is 0.176 e. The SMILES string of the molecule is CCC(O)COCCCCOCC(O)C[n+]1ccc(CCCc2cc[n+](C)cc2)cc1. The predicted octanol–water partition coefficient (Wildman–Crippen LogP) is 1.92. The maximum absolute atomic E-state index is 10.2. The molecular weight excluding hydrogens is 392 g/mol. The van der Waals surface area contributed by atoms with Crippen molar-refractivity contribution < 1.29 is 28.8 Å². The molecule has 0 saturated carbocycles. The van der Waals surface area contributed by atoms with Gasteiger partial charge in [-0.3, -0.25) is 0 Å². The number of hydrogen-bond acceptors (Lipinski definition) is 4. The number of nitrogens with zero attached hydrogens (tertiary/aromatic N) is 2. The number of aliphatic hydroxyl groups is 2. The maximum atomic E-state index is 10.2. The highest BCUT2D eigenvalue weighted by atomic mass is 16.5. The largest absolute Gasteiger partial charge is 0.391 e. The van der Waals surface area contributed by atoms with Gasteiger partial charge in [-0.2, -0.15) is 0 Å². The van der Waals surface area contributed by atoms with Crippen molar-refractivity contribution in [1.29, 1.82) is 0 Å². The van der Waals surface area contributed by atoms with E-state index in [4.69, 9.17) is 9.47 Å². The molecule has 0 saturated heterocycles. The summed E-state index contributed by atoms with van der Waals surface area (Å²) in [7, 11) is 2.03. The van der Waals surface area contributed by atoms with Crippen LogP contribution >= 0.6 is 0 Å². The highest BCUT2D eigenvalue weighted by Crippen LogP contribution is 2.06. The topological polar surface area (TPSA) is 66.7 Å². The molecule has 0 amide bonds. The van der Waals surface area contributed by atoms with E-state index in [2.05, 4.69) is 41.2 Å². The van der Waals surface area contributed by atoms with Gasteiger partial charge < -0.3 is 19.7 Å². The van der Waals surface area contributed by atoms with Gasteiger partial charge in [0.15, 0.2) is 31.3 Å². The van der Waals surface area contributed by atoms with Crippen LogP contribution in [0, 0.1) is 0 Å². The number of ether oxygens (including phenoxy) is 2. The van der Waals surface area contributed by atoms with Gasteiger partial charge in [-0.05, 0) is 49.7 Å². The number of pyridine rings is 2. The third kappa shape index (κ3) is 11.4. The molecule has 2 aromatic heterocycles. The number of rotatable bonds is 16. The van der Waals surface area contributed by atoms with Crippen molar-refractivity contribution in [3.8, 4) is 0 Å². The molecule has 0 fully saturated rings. The van der Waals surface area contributed by atoms with Gasteiger partial charge in [-0.15, -0.1) is 0 Å². The third-order valence-corrected chi connectivity index (χ3v) is 5.28. The Labute approximate surface area is 187 Å². The molecule has 6 heteroatoms. The summed E-state index contributed by atoms with van der Waals surface area (Å²) in [4.78, 5) is 0. The first-order valence-electron chi connectivity index (χ1n) is 11.5. The average molecular weight is 433 g/mol. The van der Waals surface area contributed by atoms with E-state index in [1.54, 1.807) is 0 Å². The van der Waals surface area contributed by atoms with E-state index in [0.29, 0.717) is 33.0 Å². The molecule has 0 aliphatic carbocycles. The van der Waals surface area contributed by atoms with Crippen molar-refractivity contribution >= 4 is 0 Å². The zero-order valence-electron chi connectivity index (χ0n) is 19.2. The van der Waals surface area contributed by atoms with Crippen LogP contribution in [0.2, 0.25) is 0 Å². The third-order valence-electron chi connectivity index (χ3n) is 5.28. The Bertz CT molecular complexity index is 706. The predicted molar refractivity (Wildman–Crippen MR) is 119 cm³/mol. The van der Waals surface area contributed by atoms with E-state index in [0.717, 1.165) is 38.5 Å². The van der Waals surface area contributed by atoms with Crippen LogP contribution in [-0.2, 0) is 35.9 Å². The Morgan fingerprint density at radius 1 is 0.774 bits per heavy atom. The summed E-state index contributed by atoms with van der Waals surface area (Å²) in [5.41, 5.74) is 2.69. The summed E-state index contributed by atoms with van der Waals surface area (Å²) in [5, 5.41) is 19.6. The Kier molecular flexibility index (Phi) is 12.3. The lowest BCUT2D eigenvalue weighted by Gasteiger charge is -2.10. The molecule has 2 heterocycles. The standard InChI is InChI=1S/C25H40N2O4/c1-3-24(28)20-30-17-4-5-18-31-21-25(29)19-27-15-11-23(12-16-27)8-6-7-22-9-13-26(2)14-10-22/h9-16,24-25,28-29H,3-8,17-21H2,1-2H3/q+2. The zero-order valence-corrected chi connectivity index (χ0v) is 19.2. The molecule has 2 aromatic rings. The van der Waals surface area contributed by atoms with Gasteiger partial charge in [0, 0.05) is 37.5 Å². The smallest absolute Gasteiger partial charge is 0.176 e. The Hall–Kier alpha value is -1.86. The summed E-state index contributed by atoms with van der Waals surface area (Å²) in [6.07, 6.45) is 13.1. The van der Waals surface area contributed by atoms with Crippen molar-refractivity contribution in [1.82, 2.24) is 0 Å². The van der Waals surface area contributed by atoms with Crippen molar-refractivity contribution in [2.75, 3.05) is 26.4 Å². The minimum Gasteiger partial charge on any atom is -0.391 e. The number of aromatic nitrogens is 2. The second kappa shape index (κ2) is 15.0. The highest BCUT2D eigenvalue weighted by molar-refractivity contribution is 5.10. The highest BCUT2D eigenvalue weighted by Gasteiger charge is 2.11. The molecule has 31 heavy (non-hydrogen) atoms. The molecule has 0 aromatic carbocycles. The van der Waals surface area contributed by atoms with Crippen molar-refractivity contribution in [2.45, 2.75) is 64.2 Å². The minimum atomic E-state index is -0.522. The summed E-state index contributed by atoms with van der Waals surface area (Å²) >= 11 is 0. The van der Waals surface area contributed by atoms with Gasteiger partial charge in [0.05, 0.1) is 19.3 Å². The van der Waals surface area contributed by atoms with Crippen LogP contribution in [0.1, 0.15) is 43.7 Å². The molecule has 0 bridgehead atoms. The summed E-state index contributed by atoms with van der Waals surface area (Å²) in [6.45, 7) is 4.44. The van der Waals surface area contributed by atoms with Gasteiger partial charge in [-0.1, -0.05) is 6.92 Å². The monoisotopic (exact) mass is 432 g/mol. The Morgan fingerprint density at radius 2 is 1.29 bits per heavy atom. The van der Waals surface area contributed by atoms with Crippen molar-refractivity contribution in [3.05, 3.63) is 60.2 Å². The molecule has 0 spiro atoms. The second-order valence-electron chi connectivity index (χ2n) is 8.20. The normalized spacial score (nSPS) is 13.3. The fourth-order valence-corrected chi connectivity index (χ4v) is 3.23. The molecule has 2 rings (SSSR count). The molecule has 6 nitrogen and oxygen atoms in total. The van der Waals surface area contributed by atoms with Crippen LogP contribution in [0.3, 0.4) is 0 Å². The lowest BCUT2D eigenvalue weighted by molar-refractivity contribution is -0.704. The second-order valence-corrected chi connectivity index (χ2v) is 8.20. The van der Waals surface area contributed by atoms with Crippen molar-refractivity contribution in [2.24, 2.45) is 7.05 Å². The van der Waals surface area contributed by atoms with Gasteiger partial charge in [0.25, 0.3) is 0 Å². The van der Waals surface area contributed by atoms with Gasteiger partial charge >= 0.3 is 0 Å². The number of unbranched alkanes of at least 4 members (excludes halogenated alkanes) is 1. The van der Waals surface area contributed by atoms with Crippen LogP contribution in [0.4, 0.5) is 0 Å². The Balaban J connectivity index is 1.53. The fraction of sp³-hybridized carbons (Fsp3) is 0.600. The lowest BCUT2D eigenvalue weighted by Crippen LogP contribution is -2.41. The van der Waals surface area contributed by atoms with Gasteiger partial charge in [-0.25, -0.2) is 9.13 Å². The molecule has 0 radical (unpaired) electrons. The van der Waals surface area contributed by atoms with Crippen LogP contribution in [-0.4, -0.2) is 48.8 Å². The van der Waals surface area contributed by atoms with Gasteiger partial charge in [0.2, 0.25) is 0 Å². The summed E-state index contributed by atoms with van der Waals surface area (Å²) in [5.74, 6) is 0. The Morgan fingerprint density at radius 3 is 1.84 bits per heavy atom. The van der Waals surface area contributed by atoms with E-state index in [9.17, 15) is 10.2 Å². The van der Waals surface area contributed by atoms with E-state index >= 15 is 0 Å². The van der Waals surface area contributed by atoms with E-state index in [1.165, 1.54) is 11.1 Å². The lowest BCUT2D eigenvalue weighted by atomic mass is 10.1. The van der Waals surface area contributed by atoms with Crippen molar-refractivity contribution in [3.63, 3.8) is 0 Å². The average Bonchev–Trinajstić information content (AvgIpc) is 2.78. The van der Waals surface area contributed by atoms with Crippen LogP contribution in [0.25, 0.3) is 0 Å². The first-order chi connectivity index (χ1) is 15.1. The number of aryl methyl sites for hydroxylation is 3. The fourth-order valence-electron chi connectivity index (χ4n) is 3.23. The minimum absolute atomic E-state index is 0.332. The molecular formula is C25H40N2O4+2. The summed E-state index contributed by atoms with van der Waals surface area (Å²) < 4.78 is 15.0. The van der Waals surface area contributed by atoms with Crippen LogP contribution in [0.5, 0.6) is 0 Å². The molecule has 2 N–H and O–H groups in total. The van der Waals surface area contributed by atoms with Gasteiger partial charge in [0.1, 0.15) is 13.2 Å². The van der Waals surface area contributed by atoms with Crippen LogP contribution < -0.4 is 9.13 Å². The molecule has 172 valence electrons. The molecule has 2 unspecified atom stereocenters. The zero-order chi connectivity index (χ0) is 22.3. The van der Waals surface area contributed by atoms with E-state index in [1.807, 2.05) is 30.9 Å². The first kappa shape index (κ1) is 25.4. The number of hydrogen-bond donors (Lipinski definition) is 2. The van der Waals surface area contributed by atoms with E-state index < -0.39 is 6.10 Å². The summed E-state index contributed by atoms with van der Waals surface area (Å²) in [6, 6.07) is 8.62. The number of aliphatic hydroxyl groups excluding tert-OH is 2. The van der Waals surface area contributed by atoms with E-state index in [-0.39, 0.29) is 6.10 Å². The van der Waals surface area contributed by atoms with Crippen LogP contribution in [0.15, 0.2) is 49.1 Å². The quantitative estimate of drug-likeness (QED) is 0.314. The molecule has 2 atom stereocenters. The molecule has 0 aliphatic heterocycles.